The fourth-order valence-electron chi connectivity index (χ4n) is 3.40. The summed E-state index contributed by atoms with van der Waals surface area (Å²) in [5.74, 6) is -1.37. The Morgan fingerprint density at radius 2 is 1.56 bits per heavy atom. The van der Waals surface area contributed by atoms with Crippen LogP contribution >= 0.6 is 0 Å². The molecule has 1 aromatic heterocycles. The third kappa shape index (κ3) is 4.07. The normalized spacial score (nSPS) is 13.8. The van der Waals surface area contributed by atoms with Gasteiger partial charge in [-0.25, -0.2) is 0 Å². The Labute approximate surface area is 181 Å². The van der Waals surface area contributed by atoms with Crippen LogP contribution in [0.4, 0.5) is 8.78 Å². The van der Waals surface area contributed by atoms with Crippen LogP contribution in [0.2, 0.25) is 0 Å². The van der Waals surface area contributed by atoms with Crippen molar-refractivity contribution >= 4 is 23.0 Å². The molecular weight excluding hydrogens is 420 g/mol. The minimum atomic E-state index is -3.38. The van der Waals surface area contributed by atoms with E-state index in [4.69, 9.17) is 4.42 Å². The SMILES string of the molecule is Cc1ccc(C(=O)NC2=C(c3ccc(OC(C)(F)F)cc3)C(=O)c3ccccc3C2=O)o1. The van der Waals surface area contributed by atoms with Crippen molar-refractivity contribution in [2.75, 3.05) is 0 Å². The largest absolute Gasteiger partial charge is 0.456 e. The molecule has 0 spiro atoms. The molecule has 32 heavy (non-hydrogen) atoms. The highest BCUT2D eigenvalue weighted by atomic mass is 19.3. The van der Waals surface area contributed by atoms with Crippen LogP contribution in [0.5, 0.6) is 5.75 Å². The second-order valence-electron chi connectivity index (χ2n) is 7.25. The number of fused-ring (bicyclic) bond motifs is 1. The van der Waals surface area contributed by atoms with E-state index in [1.54, 1.807) is 25.1 Å². The molecule has 162 valence electrons. The zero-order valence-corrected chi connectivity index (χ0v) is 17.1. The van der Waals surface area contributed by atoms with Gasteiger partial charge in [0.2, 0.25) is 5.78 Å². The molecule has 0 atom stereocenters. The maximum absolute atomic E-state index is 13.3. The number of carbonyl (C=O) groups excluding carboxylic acids is 3. The molecule has 1 aliphatic carbocycles. The van der Waals surface area contributed by atoms with Gasteiger partial charge in [-0.05, 0) is 36.8 Å². The second kappa shape index (κ2) is 7.88. The number of rotatable bonds is 5. The van der Waals surface area contributed by atoms with E-state index < -0.39 is 23.6 Å². The van der Waals surface area contributed by atoms with E-state index in [1.807, 2.05) is 0 Å². The summed E-state index contributed by atoms with van der Waals surface area (Å²) < 4.78 is 36.1. The van der Waals surface area contributed by atoms with E-state index >= 15 is 0 Å². The molecule has 1 amide bonds. The summed E-state index contributed by atoms with van der Waals surface area (Å²) >= 11 is 0. The summed E-state index contributed by atoms with van der Waals surface area (Å²) in [7, 11) is 0. The van der Waals surface area contributed by atoms with E-state index in [0.717, 1.165) is 0 Å². The summed E-state index contributed by atoms with van der Waals surface area (Å²) in [6, 6.07) is 14.5. The fourth-order valence-corrected chi connectivity index (χ4v) is 3.40. The fraction of sp³-hybridized carbons (Fsp3) is 0.125. The van der Waals surface area contributed by atoms with Crippen LogP contribution in [0.25, 0.3) is 5.57 Å². The Kier molecular flexibility index (Phi) is 5.22. The van der Waals surface area contributed by atoms with Gasteiger partial charge in [0, 0.05) is 18.1 Å². The molecule has 0 aliphatic heterocycles. The molecule has 0 fully saturated rings. The number of halogens is 2. The lowest BCUT2D eigenvalue weighted by molar-refractivity contribution is -0.158. The Hall–Kier alpha value is -4.07. The maximum atomic E-state index is 13.3. The highest BCUT2D eigenvalue weighted by Crippen LogP contribution is 2.33. The molecule has 0 saturated heterocycles. The van der Waals surface area contributed by atoms with Gasteiger partial charge in [-0.15, -0.1) is 0 Å². The van der Waals surface area contributed by atoms with Crippen molar-refractivity contribution in [2.24, 2.45) is 0 Å². The van der Waals surface area contributed by atoms with Crippen LogP contribution in [0.1, 0.15) is 49.5 Å². The van der Waals surface area contributed by atoms with Gasteiger partial charge >= 0.3 is 6.11 Å². The van der Waals surface area contributed by atoms with E-state index in [9.17, 15) is 23.2 Å². The number of allylic oxidation sites excluding steroid dienone is 2. The zero-order chi connectivity index (χ0) is 23.0. The number of carbonyl (C=O) groups is 3. The van der Waals surface area contributed by atoms with Crippen molar-refractivity contribution in [2.45, 2.75) is 20.0 Å². The molecule has 0 saturated carbocycles. The Morgan fingerprint density at radius 3 is 2.12 bits per heavy atom. The molecule has 1 heterocycles. The number of hydrogen-bond acceptors (Lipinski definition) is 5. The summed E-state index contributed by atoms with van der Waals surface area (Å²) in [4.78, 5) is 39.1. The number of amides is 1. The highest BCUT2D eigenvalue weighted by Gasteiger charge is 2.34. The lowest BCUT2D eigenvalue weighted by atomic mass is 9.84. The van der Waals surface area contributed by atoms with Crippen molar-refractivity contribution in [3.05, 3.63) is 94.6 Å². The topological polar surface area (TPSA) is 85.6 Å². The Bertz CT molecular complexity index is 1270. The minimum absolute atomic E-state index is 0.0256. The molecular formula is C24H17F2NO5. The van der Waals surface area contributed by atoms with Crippen molar-refractivity contribution in [1.82, 2.24) is 5.32 Å². The molecule has 1 N–H and O–H groups in total. The van der Waals surface area contributed by atoms with E-state index in [1.165, 1.54) is 42.5 Å². The smallest absolute Gasteiger partial charge is 0.394 e. The molecule has 0 unspecified atom stereocenters. The number of ketones is 2. The van der Waals surface area contributed by atoms with E-state index in [-0.39, 0.29) is 39.5 Å². The van der Waals surface area contributed by atoms with Gasteiger partial charge in [-0.3, -0.25) is 14.4 Å². The van der Waals surface area contributed by atoms with E-state index in [0.29, 0.717) is 12.7 Å². The van der Waals surface area contributed by atoms with Gasteiger partial charge in [-0.1, -0.05) is 36.4 Å². The van der Waals surface area contributed by atoms with Gasteiger partial charge in [0.25, 0.3) is 5.91 Å². The standard InChI is InChI=1S/C24H17F2NO5/c1-13-7-12-18(31-13)23(30)27-20-19(14-8-10-15(11-9-14)32-24(2,25)26)21(28)16-5-3-4-6-17(16)22(20)29/h3-12H,1-2H3,(H,27,30). The molecule has 6 nitrogen and oxygen atoms in total. The summed E-state index contributed by atoms with van der Waals surface area (Å²) in [6.45, 7) is 2.27. The van der Waals surface area contributed by atoms with Crippen LogP contribution in [-0.2, 0) is 0 Å². The van der Waals surface area contributed by atoms with Crippen molar-refractivity contribution in [1.29, 1.82) is 0 Å². The number of Topliss-reactive ketones (excluding diaryl/α,β-unsaturated/α-hetero) is 2. The average Bonchev–Trinajstić information content (AvgIpc) is 3.18. The number of ether oxygens (including phenoxy) is 1. The van der Waals surface area contributed by atoms with Crippen molar-refractivity contribution < 1.29 is 32.3 Å². The summed E-state index contributed by atoms with van der Waals surface area (Å²) in [6.07, 6.45) is -3.38. The number of benzene rings is 2. The first kappa shape index (κ1) is 21.2. The van der Waals surface area contributed by atoms with Crippen LogP contribution in [0, 0.1) is 6.92 Å². The zero-order valence-electron chi connectivity index (χ0n) is 17.1. The number of hydrogen-bond donors (Lipinski definition) is 1. The first-order valence-corrected chi connectivity index (χ1v) is 9.62. The predicted molar refractivity (Wildman–Crippen MR) is 111 cm³/mol. The summed E-state index contributed by atoms with van der Waals surface area (Å²) in [5, 5.41) is 2.50. The van der Waals surface area contributed by atoms with Gasteiger partial charge in [-0.2, -0.15) is 8.78 Å². The number of aryl methyl sites for hydroxylation is 1. The monoisotopic (exact) mass is 437 g/mol. The molecule has 0 bridgehead atoms. The Morgan fingerprint density at radius 1 is 0.938 bits per heavy atom. The van der Waals surface area contributed by atoms with Crippen molar-refractivity contribution in [3.63, 3.8) is 0 Å². The quantitative estimate of drug-likeness (QED) is 0.620. The van der Waals surface area contributed by atoms with Gasteiger partial charge < -0.3 is 14.5 Å². The third-order valence-electron chi connectivity index (χ3n) is 4.76. The number of nitrogens with one attached hydrogen (secondary N) is 1. The molecule has 0 radical (unpaired) electrons. The molecule has 1 aliphatic rings. The Balaban J connectivity index is 1.79. The molecule has 3 aromatic rings. The first-order chi connectivity index (χ1) is 15.1. The lowest BCUT2D eigenvalue weighted by Crippen LogP contribution is -2.33. The molecule has 8 heteroatoms. The molecule has 2 aromatic carbocycles. The van der Waals surface area contributed by atoms with Crippen LogP contribution in [0.3, 0.4) is 0 Å². The third-order valence-corrected chi connectivity index (χ3v) is 4.76. The lowest BCUT2D eigenvalue weighted by Gasteiger charge is -2.22. The number of alkyl halides is 2. The first-order valence-electron chi connectivity index (χ1n) is 9.62. The highest BCUT2D eigenvalue weighted by molar-refractivity contribution is 6.41. The minimum Gasteiger partial charge on any atom is -0.456 e. The van der Waals surface area contributed by atoms with Crippen LogP contribution in [-0.4, -0.2) is 23.6 Å². The van der Waals surface area contributed by atoms with Gasteiger partial charge in [0.15, 0.2) is 11.5 Å². The van der Waals surface area contributed by atoms with Crippen molar-refractivity contribution in [3.8, 4) is 5.75 Å². The average molecular weight is 437 g/mol. The maximum Gasteiger partial charge on any atom is 0.394 e. The predicted octanol–water partition coefficient (Wildman–Crippen LogP) is 4.80. The van der Waals surface area contributed by atoms with Gasteiger partial charge in [0.1, 0.15) is 17.2 Å². The second-order valence-corrected chi connectivity index (χ2v) is 7.25. The molecule has 4 rings (SSSR count). The number of furan rings is 1. The van der Waals surface area contributed by atoms with Crippen LogP contribution in [0.15, 0.2) is 70.8 Å². The van der Waals surface area contributed by atoms with Crippen LogP contribution < -0.4 is 10.1 Å². The van der Waals surface area contributed by atoms with E-state index in [2.05, 4.69) is 10.1 Å². The van der Waals surface area contributed by atoms with Gasteiger partial charge in [0.05, 0.1) is 5.57 Å². The summed E-state index contributed by atoms with van der Waals surface area (Å²) in [5.41, 5.74) is 0.315.